The van der Waals surface area contributed by atoms with E-state index in [4.69, 9.17) is 13.9 Å². The van der Waals surface area contributed by atoms with E-state index in [0.29, 0.717) is 6.61 Å². The summed E-state index contributed by atoms with van der Waals surface area (Å²) in [6, 6.07) is 0. The number of methoxy groups -OCH3 is 1. The lowest BCUT2D eigenvalue weighted by Crippen LogP contribution is -2.55. The van der Waals surface area contributed by atoms with Crippen molar-refractivity contribution in [3.63, 3.8) is 0 Å². The molecule has 5 nitrogen and oxygen atoms in total. The van der Waals surface area contributed by atoms with Crippen LogP contribution in [-0.2, 0) is 23.5 Å². The smallest absolute Gasteiger partial charge is 0.330 e. The highest BCUT2D eigenvalue weighted by atomic mass is 28.4. The van der Waals surface area contributed by atoms with Crippen LogP contribution in [0.3, 0.4) is 0 Å². The van der Waals surface area contributed by atoms with Crippen molar-refractivity contribution in [2.24, 2.45) is 28.1 Å². The zero-order valence-corrected chi connectivity index (χ0v) is 23.1. The third-order valence-electron chi connectivity index (χ3n) is 9.51. The van der Waals surface area contributed by atoms with Gasteiger partial charge in [-0.1, -0.05) is 52.8 Å². The predicted molar refractivity (Wildman–Crippen MR) is 133 cm³/mol. The Kier molecular flexibility index (Phi) is 6.35. The summed E-state index contributed by atoms with van der Waals surface area (Å²) in [5.74, 6) is -0.518. The lowest BCUT2D eigenvalue weighted by Gasteiger charge is -2.53. The molecule has 0 bridgehead atoms. The van der Waals surface area contributed by atoms with Crippen molar-refractivity contribution in [1.29, 1.82) is 0 Å². The van der Waals surface area contributed by atoms with Gasteiger partial charge in [0.05, 0.1) is 24.7 Å². The quantitative estimate of drug-likeness (QED) is 0.221. The second kappa shape index (κ2) is 8.03. The van der Waals surface area contributed by atoms with Gasteiger partial charge in [0.15, 0.2) is 8.32 Å². The van der Waals surface area contributed by atoms with Crippen LogP contribution in [-0.4, -0.2) is 46.0 Å². The fourth-order valence-corrected chi connectivity index (χ4v) is 7.71. The van der Waals surface area contributed by atoms with Crippen molar-refractivity contribution in [3.8, 4) is 0 Å². The summed E-state index contributed by atoms with van der Waals surface area (Å²) >= 11 is 0. The van der Waals surface area contributed by atoms with Gasteiger partial charge in [-0.3, -0.25) is 4.79 Å². The SMILES string of the molecule is C=CC1O[C@H]2C(C)=C[C@](/C=C/C(=O)OC)(CO[Si](C)(C)C(C)(C)C)[C@H]3[C@H](C)C(=O)[C@]1(C)[C@@]23C. The Morgan fingerprint density at radius 3 is 2.42 bits per heavy atom. The maximum atomic E-state index is 13.9. The predicted octanol–water partition coefficient (Wildman–Crippen LogP) is 5.48. The van der Waals surface area contributed by atoms with E-state index in [-0.39, 0.29) is 34.9 Å². The minimum Gasteiger partial charge on any atom is -0.466 e. The average Bonchev–Trinajstić information content (AvgIpc) is 3.05. The summed E-state index contributed by atoms with van der Waals surface area (Å²) in [7, 11) is -0.721. The molecule has 3 rings (SSSR count). The summed E-state index contributed by atoms with van der Waals surface area (Å²) < 4.78 is 18.2. The molecule has 2 aliphatic carbocycles. The van der Waals surface area contributed by atoms with Gasteiger partial charge in [0.2, 0.25) is 0 Å². The van der Waals surface area contributed by atoms with Crippen molar-refractivity contribution < 1.29 is 23.5 Å². The highest BCUT2D eigenvalue weighted by Crippen LogP contribution is 2.72. The Morgan fingerprint density at radius 2 is 1.91 bits per heavy atom. The first-order chi connectivity index (χ1) is 15.0. The second-order valence-electron chi connectivity index (χ2n) is 12.2. The minimum absolute atomic E-state index is 0.0378. The summed E-state index contributed by atoms with van der Waals surface area (Å²) in [4.78, 5) is 26.1. The first-order valence-corrected chi connectivity index (χ1v) is 14.9. The van der Waals surface area contributed by atoms with Gasteiger partial charge < -0.3 is 13.9 Å². The number of hydrogen-bond acceptors (Lipinski definition) is 5. The summed E-state index contributed by atoms with van der Waals surface area (Å²) in [5.41, 5.74) is -0.719. The molecule has 0 amide bonds. The summed E-state index contributed by atoms with van der Waals surface area (Å²) in [6.45, 7) is 23.8. The van der Waals surface area contributed by atoms with E-state index in [0.717, 1.165) is 5.57 Å². The number of hydrogen-bond donors (Lipinski definition) is 0. The van der Waals surface area contributed by atoms with Crippen LogP contribution in [0.5, 0.6) is 0 Å². The van der Waals surface area contributed by atoms with E-state index in [2.05, 4.69) is 60.4 Å². The van der Waals surface area contributed by atoms with Gasteiger partial charge >= 0.3 is 5.97 Å². The molecule has 1 saturated heterocycles. The Morgan fingerprint density at radius 1 is 1.30 bits per heavy atom. The fourth-order valence-electron chi connectivity index (χ4n) is 6.67. The van der Waals surface area contributed by atoms with Gasteiger partial charge in [-0.25, -0.2) is 4.79 Å². The minimum atomic E-state index is -2.10. The lowest BCUT2D eigenvalue weighted by molar-refractivity contribution is -0.135. The van der Waals surface area contributed by atoms with Crippen molar-refractivity contribution in [1.82, 2.24) is 0 Å². The van der Waals surface area contributed by atoms with Crippen LogP contribution in [0.15, 0.2) is 36.5 Å². The van der Waals surface area contributed by atoms with Gasteiger partial charge in [-0.15, -0.1) is 6.58 Å². The monoisotopic (exact) mass is 474 g/mol. The molecule has 184 valence electrons. The maximum absolute atomic E-state index is 13.9. The van der Waals surface area contributed by atoms with Crippen LogP contribution < -0.4 is 0 Å². The van der Waals surface area contributed by atoms with Crippen molar-refractivity contribution in [2.45, 2.75) is 78.8 Å². The zero-order chi connectivity index (χ0) is 25.2. The molecule has 7 atom stereocenters. The molecule has 0 aromatic rings. The summed E-state index contributed by atoms with van der Waals surface area (Å²) in [5, 5.41) is 0.0378. The van der Waals surface area contributed by atoms with Crippen LogP contribution in [0, 0.1) is 28.1 Å². The molecule has 2 fully saturated rings. The van der Waals surface area contributed by atoms with Gasteiger partial charge in [0.25, 0.3) is 0 Å². The van der Waals surface area contributed by atoms with Gasteiger partial charge in [0, 0.05) is 29.4 Å². The molecule has 33 heavy (non-hydrogen) atoms. The molecule has 6 heteroatoms. The van der Waals surface area contributed by atoms with Gasteiger partial charge in [-0.2, -0.15) is 0 Å². The molecule has 0 aromatic carbocycles. The average molecular weight is 475 g/mol. The molecular formula is C27H42O5Si. The van der Waals surface area contributed by atoms with Crippen LogP contribution in [0.1, 0.15) is 48.5 Å². The van der Waals surface area contributed by atoms with Crippen LogP contribution >= 0.6 is 0 Å². The van der Waals surface area contributed by atoms with Crippen LogP contribution in [0.2, 0.25) is 18.1 Å². The maximum Gasteiger partial charge on any atom is 0.330 e. The largest absolute Gasteiger partial charge is 0.466 e. The number of Topliss-reactive ketones (excluding diaryl/α,β-unsaturated/α-hetero) is 1. The van der Waals surface area contributed by atoms with E-state index in [1.54, 1.807) is 6.08 Å². The van der Waals surface area contributed by atoms with E-state index in [9.17, 15) is 9.59 Å². The molecule has 1 saturated carbocycles. The molecule has 0 aromatic heterocycles. The zero-order valence-electron chi connectivity index (χ0n) is 22.1. The normalized spacial score (nSPS) is 40.7. The third kappa shape index (κ3) is 3.47. The summed E-state index contributed by atoms with van der Waals surface area (Å²) in [6.07, 6.45) is 6.86. The standard InChI is InChI=1S/C27H42O5Si/c1-12-19-25(7)22(29)18(3)21-26(25,8)23(32-19)17(2)15-27(21,14-13-20(28)30-9)16-31-33(10,11)24(4,5)6/h12-15,18-19,21,23H,1,16H2,2-11H3/b14-13+/t18-,19?,21-,23-,25+,26+,27+/m0/s1. The number of carbonyl (C=O) groups excluding carboxylic acids is 2. The number of carbonyl (C=O) groups is 2. The first-order valence-electron chi connectivity index (χ1n) is 12.0. The Labute approximate surface area is 200 Å². The highest BCUT2D eigenvalue weighted by Gasteiger charge is 2.77. The molecule has 1 heterocycles. The molecule has 0 N–H and O–H groups in total. The van der Waals surface area contributed by atoms with E-state index < -0.39 is 30.5 Å². The van der Waals surface area contributed by atoms with Crippen molar-refractivity contribution >= 4 is 20.1 Å². The molecule has 1 unspecified atom stereocenters. The van der Waals surface area contributed by atoms with Crippen molar-refractivity contribution in [2.75, 3.05) is 13.7 Å². The molecule has 1 aliphatic heterocycles. The van der Waals surface area contributed by atoms with Crippen LogP contribution in [0.4, 0.5) is 0 Å². The van der Waals surface area contributed by atoms with E-state index in [1.807, 2.05) is 19.9 Å². The topological polar surface area (TPSA) is 61.8 Å². The van der Waals surface area contributed by atoms with E-state index in [1.165, 1.54) is 13.2 Å². The Bertz CT molecular complexity index is 912. The molecule has 3 aliphatic rings. The number of rotatable bonds is 6. The van der Waals surface area contributed by atoms with Crippen molar-refractivity contribution in [3.05, 3.63) is 36.5 Å². The Hall–Kier alpha value is -1.50. The Balaban J connectivity index is 2.22. The van der Waals surface area contributed by atoms with Gasteiger partial charge in [-0.05, 0) is 43.5 Å². The lowest BCUT2D eigenvalue weighted by atomic mass is 9.50. The number of esters is 1. The second-order valence-corrected chi connectivity index (χ2v) is 17.0. The first kappa shape index (κ1) is 26.1. The van der Waals surface area contributed by atoms with Crippen LogP contribution in [0.25, 0.3) is 0 Å². The fraction of sp³-hybridized carbons (Fsp3) is 0.704. The van der Waals surface area contributed by atoms with Gasteiger partial charge in [0.1, 0.15) is 5.78 Å². The molecular weight excluding hydrogens is 432 g/mol. The van der Waals surface area contributed by atoms with E-state index >= 15 is 0 Å². The molecule has 0 radical (unpaired) electrons. The third-order valence-corrected chi connectivity index (χ3v) is 14.0. The highest BCUT2D eigenvalue weighted by molar-refractivity contribution is 6.74. The number of ether oxygens (including phenoxy) is 2. The molecule has 0 spiro atoms. The number of ketones is 1.